The number of imidazole rings is 1. The SMILES string of the molecule is [2H]c1c([2H])c([2H])c2c(-c3cccc(-n4c(C([2H])([2H])[2H])nc5ccccc54)c3)c3c([2H])c([2H])c([2H])c([2H])c3c(-c3ccccc3)c2c1[2H]. The molecule has 0 aliphatic rings. The van der Waals surface area contributed by atoms with E-state index in [0.29, 0.717) is 27.8 Å². The Hall–Kier alpha value is -4.69. The molecule has 0 bridgehead atoms. The van der Waals surface area contributed by atoms with Gasteiger partial charge in [0.05, 0.1) is 22.0 Å². The standard InChI is InChI=1S/C34H24N2/c1-23-35-31-20-9-10-21-32(31)36(23)26-15-11-14-25(22-26)34-29-18-7-5-16-27(29)33(24-12-3-2-4-13-24)28-17-6-8-19-30(28)34/h2-22H,1H3/i1D3,5D,6D,7D,8D,16D,17D,18D,19D. The van der Waals surface area contributed by atoms with E-state index in [0.717, 1.165) is 0 Å². The molecule has 0 saturated carbocycles. The molecule has 0 radical (unpaired) electrons. The minimum absolute atomic E-state index is 0.0797. The van der Waals surface area contributed by atoms with Crippen LogP contribution in [-0.2, 0) is 0 Å². The molecule has 0 spiro atoms. The average Bonchev–Trinajstić information content (AvgIpc) is 3.48. The molecule has 0 aliphatic carbocycles. The molecule has 0 unspecified atom stereocenters. The summed E-state index contributed by atoms with van der Waals surface area (Å²) < 4.78 is 96.8. The van der Waals surface area contributed by atoms with Crippen LogP contribution in [0.4, 0.5) is 0 Å². The molecule has 0 fully saturated rings. The second-order valence-corrected chi connectivity index (χ2v) is 8.43. The molecular weight excluding hydrogens is 436 g/mol. The van der Waals surface area contributed by atoms with E-state index in [4.69, 9.17) is 15.1 Å². The van der Waals surface area contributed by atoms with Gasteiger partial charge < -0.3 is 0 Å². The molecule has 1 aromatic heterocycles. The minimum atomic E-state index is -2.58. The normalized spacial score (nSPS) is 16.2. The number of aryl methyl sites for hydroxylation is 1. The molecule has 0 saturated heterocycles. The van der Waals surface area contributed by atoms with Crippen LogP contribution >= 0.6 is 0 Å². The lowest BCUT2D eigenvalue weighted by Crippen LogP contribution is -1.97. The van der Waals surface area contributed by atoms with E-state index in [9.17, 15) is 0 Å². The quantitative estimate of drug-likeness (QED) is 0.235. The molecule has 1 heterocycles. The van der Waals surface area contributed by atoms with Gasteiger partial charge in [0.2, 0.25) is 0 Å². The second kappa shape index (κ2) is 8.21. The maximum atomic E-state index is 9.11. The number of nitrogens with zero attached hydrogens (tertiary/aromatic N) is 2. The maximum Gasteiger partial charge on any atom is 0.111 e. The molecule has 0 aliphatic heterocycles. The lowest BCUT2D eigenvalue weighted by Gasteiger charge is -2.18. The van der Waals surface area contributed by atoms with Gasteiger partial charge in [-0.15, -0.1) is 0 Å². The van der Waals surface area contributed by atoms with E-state index in [2.05, 4.69) is 4.98 Å². The van der Waals surface area contributed by atoms with Gasteiger partial charge in [-0.2, -0.15) is 0 Å². The van der Waals surface area contributed by atoms with Crippen LogP contribution in [0.1, 0.15) is 20.9 Å². The molecule has 36 heavy (non-hydrogen) atoms. The van der Waals surface area contributed by atoms with Gasteiger partial charge in [-0.3, -0.25) is 4.57 Å². The van der Waals surface area contributed by atoms with Crippen molar-refractivity contribution in [2.24, 2.45) is 0 Å². The largest absolute Gasteiger partial charge is 0.297 e. The van der Waals surface area contributed by atoms with E-state index < -0.39 is 31.0 Å². The fraction of sp³-hybridized carbons (Fsp3) is 0.0294. The Morgan fingerprint density at radius 3 is 1.89 bits per heavy atom. The topological polar surface area (TPSA) is 17.8 Å². The van der Waals surface area contributed by atoms with Crippen LogP contribution in [-0.4, -0.2) is 9.55 Å². The lowest BCUT2D eigenvalue weighted by molar-refractivity contribution is 1.00. The van der Waals surface area contributed by atoms with Gasteiger partial charge in [-0.05, 0) is 74.9 Å². The summed E-state index contributed by atoms with van der Waals surface area (Å²) in [6.07, 6.45) is 0. The Labute approximate surface area is 225 Å². The summed E-state index contributed by atoms with van der Waals surface area (Å²) >= 11 is 0. The molecule has 0 atom stereocenters. The molecule has 0 amide bonds. The summed E-state index contributed by atoms with van der Waals surface area (Å²) in [6, 6.07) is 19.0. The van der Waals surface area contributed by atoms with E-state index in [1.165, 1.54) is 4.57 Å². The monoisotopic (exact) mass is 471 g/mol. The number of rotatable bonds is 3. The first-order chi connectivity index (χ1) is 22.3. The summed E-state index contributed by atoms with van der Waals surface area (Å²) in [5.41, 5.74) is 2.73. The number of fused-ring (bicyclic) bond motifs is 3. The molecule has 2 nitrogen and oxygen atoms in total. The minimum Gasteiger partial charge on any atom is -0.297 e. The predicted octanol–water partition coefficient (Wildman–Crippen LogP) is 8.97. The summed E-state index contributed by atoms with van der Waals surface area (Å²) in [5, 5.41) is 0.375. The van der Waals surface area contributed by atoms with E-state index >= 15 is 0 Å². The van der Waals surface area contributed by atoms with Crippen molar-refractivity contribution in [3.63, 3.8) is 0 Å². The Kier molecular flexibility index (Phi) is 2.81. The molecule has 2 heteroatoms. The molecule has 7 aromatic rings. The predicted molar refractivity (Wildman–Crippen MR) is 152 cm³/mol. The Morgan fingerprint density at radius 1 is 0.639 bits per heavy atom. The van der Waals surface area contributed by atoms with Gasteiger partial charge in [-0.1, -0.05) is 103 Å². The van der Waals surface area contributed by atoms with Crippen LogP contribution in [0, 0.1) is 6.85 Å². The smallest absolute Gasteiger partial charge is 0.111 e. The van der Waals surface area contributed by atoms with Crippen LogP contribution in [0.25, 0.3) is 60.5 Å². The van der Waals surface area contributed by atoms with Crippen LogP contribution in [0.5, 0.6) is 0 Å². The fourth-order valence-corrected chi connectivity index (χ4v) is 4.90. The fourth-order valence-electron chi connectivity index (χ4n) is 4.90. The first-order valence-corrected chi connectivity index (χ1v) is 11.4. The average molecular weight is 472 g/mol. The Balaban J connectivity index is 1.72. The third-order valence-corrected chi connectivity index (χ3v) is 6.39. The summed E-state index contributed by atoms with van der Waals surface area (Å²) in [4.78, 5) is 4.40. The highest BCUT2D eigenvalue weighted by molar-refractivity contribution is 6.21. The van der Waals surface area contributed by atoms with Gasteiger partial charge in [0, 0.05) is 9.80 Å². The summed E-state index contributed by atoms with van der Waals surface area (Å²) in [6.45, 7) is -2.58. The summed E-state index contributed by atoms with van der Waals surface area (Å²) in [7, 11) is 0. The van der Waals surface area contributed by atoms with Crippen molar-refractivity contribution in [3.05, 3.63) is 133 Å². The van der Waals surface area contributed by atoms with Crippen LogP contribution in [0.3, 0.4) is 0 Å². The van der Waals surface area contributed by atoms with Crippen molar-refractivity contribution in [1.82, 2.24) is 9.55 Å². The number of hydrogen-bond donors (Lipinski definition) is 0. The van der Waals surface area contributed by atoms with Gasteiger partial charge in [-0.25, -0.2) is 4.98 Å². The van der Waals surface area contributed by atoms with Crippen molar-refractivity contribution in [3.8, 4) is 27.9 Å². The van der Waals surface area contributed by atoms with Gasteiger partial charge in [0.1, 0.15) is 5.82 Å². The molecule has 7 rings (SSSR count). The van der Waals surface area contributed by atoms with Crippen molar-refractivity contribution >= 4 is 32.6 Å². The maximum absolute atomic E-state index is 9.11. The highest BCUT2D eigenvalue weighted by atomic mass is 15.1. The highest BCUT2D eigenvalue weighted by Crippen LogP contribution is 2.43. The molecular formula is C34H24N2. The third kappa shape index (κ3) is 3.15. The van der Waals surface area contributed by atoms with Crippen molar-refractivity contribution in [2.75, 3.05) is 0 Å². The van der Waals surface area contributed by atoms with Gasteiger partial charge >= 0.3 is 0 Å². The third-order valence-electron chi connectivity index (χ3n) is 6.39. The zero-order chi connectivity index (χ0) is 33.5. The Bertz CT molecular complexity index is 2350. The zero-order valence-electron chi connectivity index (χ0n) is 29.9. The highest BCUT2D eigenvalue weighted by Gasteiger charge is 2.17. The second-order valence-electron chi connectivity index (χ2n) is 8.43. The zero-order valence-corrected chi connectivity index (χ0v) is 18.9. The van der Waals surface area contributed by atoms with Crippen molar-refractivity contribution in [2.45, 2.75) is 6.85 Å². The van der Waals surface area contributed by atoms with Gasteiger partial charge in [0.15, 0.2) is 0 Å². The first-order valence-electron chi connectivity index (χ1n) is 16.9. The number of aromatic nitrogens is 2. The summed E-state index contributed by atoms with van der Waals surface area (Å²) in [5.74, 6) is -0.172. The van der Waals surface area contributed by atoms with E-state index in [1.807, 2.05) is 0 Å². The number of para-hydroxylation sites is 2. The lowest BCUT2D eigenvalue weighted by atomic mass is 9.86. The van der Waals surface area contributed by atoms with E-state index in [1.54, 1.807) is 78.9 Å². The van der Waals surface area contributed by atoms with Gasteiger partial charge in [0.25, 0.3) is 0 Å². The molecule has 170 valence electrons. The number of benzene rings is 6. The van der Waals surface area contributed by atoms with E-state index in [-0.39, 0.29) is 62.7 Å². The molecule has 6 aromatic carbocycles. The Morgan fingerprint density at radius 2 is 1.22 bits per heavy atom. The first kappa shape index (κ1) is 12.3. The van der Waals surface area contributed by atoms with Crippen molar-refractivity contribution < 1.29 is 15.1 Å². The molecule has 0 N–H and O–H groups in total. The van der Waals surface area contributed by atoms with Crippen LogP contribution in [0.15, 0.2) is 127 Å². The van der Waals surface area contributed by atoms with Crippen LogP contribution < -0.4 is 0 Å². The van der Waals surface area contributed by atoms with Crippen LogP contribution in [0.2, 0.25) is 0 Å². The van der Waals surface area contributed by atoms with Crippen molar-refractivity contribution in [1.29, 1.82) is 0 Å². The number of hydrogen-bond acceptors (Lipinski definition) is 1.